The molecule has 0 amide bonds. The highest BCUT2D eigenvalue weighted by Gasteiger charge is 2.36. The molecule has 0 radical (unpaired) electrons. The minimum Gasteiger partial charge on any atom is -0.305 e. The first-order valence-electron chi connectivity index (χ1n) is 1.79. The molecule has 1 aliphatic rings. The highest BCUT2D eigenvalue weighted by molar-refractivity contribution is 4.81. The van der Waals surface area contributed by atoms with Gasteiger partial charge < -0.3 is 5.32 Å². The fourth-order valence-corrected chi connectivity index (χ4v) is 0.314. The lowest BCUT2D eigenvalue weighted by Gasteiger charge is -2.25. The van der Waals surface area contributed by atoms with Crippen LogP contribution in [0, 0.1) is 0 Å². The average molecular weight is 109 g/mol. The summed E-state index contributed by atoms with van der Waals surface area (Å²) in [5.74, 6) is -2.39. The minimum atomic E-state index is -2.39. The van der Waals surface area contributed by atoms with Crippen molar-refractivity contribution in [3.63, 3.8) is 0 Å². The molecule has 1 saturated heterocycles. The topological polar surface area (TPSA) is 12.0 Å². The molecular formula is C4H9F2N. The molecule has 1 rings (SSSR count). The van der Waals surface area contributed by atoms with Gasteiger partial charge >= 0.3 is 0 Å². The Kier molecular flexibility index (Phi) is 1.69. The van der Waals surface area contributed by atoms with Gasteiger partial charge in [0, 0.05) is 0 Å². The lowest BCUT2D eigenvalue weighted by Crippen LogP contribution is -2.52. The van der Waals surface area contributed by atoms with Crippen LogP contribution in [-0.2, 0) is 0 Å². The Morgan fingerprint density at radius 3 is 1.57 bits per heavy atom. The van der Waals surface area contributed by atoms with Gasteiger partial charge in [-0.05, 0) is 0 Å². The van der Waals surface area contributed by atoms with Crippen molar-refractivity contribution in [2.24, 2.45) is 0 Å². The molecule has 1 heterocycles. The Hall–Kier alpha value is -0.180. The van der Waals surface area contributed by atoms with Crippen LogP contribution in [-0.4, -0.2) is 19.0 Å². The van der Waals surface area contributed by atoms with Crippen LogP contribution in [0.25, 0.3) is 0 Å². The third-order valence-electron chi connectivity index (χ3n) is 0.767. The van der Waals surface area contributed by atoms with E-state index in [-0.39, 0.29) is 20.5 Å². The first-order chi connectivity index (χ1) is 2.71. The number of hydrogen-bond donors (Lipinski definition) is 1. The van der Waals surface area contributed by atoms with Gasteiger partial charge in [0.05, 0.1) is 13.1 Å². The Morgan fingerprint density at radius 1 is 1.29 bits per heavy atom. The Bertz CT molecular complexity index is 56.7. The molecule has 0 aliphatic carbocycles. The molecule has 1 nitrogen and oxygen atoms in total. The lowest BCUT2D eigenvalue weighted by molar-refractivity contribution is -0.0475. The molecule has 3 heteroatoms. The van der Waals surface area contributed by atoms with Crippen LogP contribution < -0.4 is 5.32 Å². The lowest BCUT2D eigenvalue weighted by atomic mass is 10.2. The molecule has 0 unspecified atom stereocenters. The number of hydrogen-bond acceptors (Lipinski definition) is 1. The van der Waals surface area contributed by atoms with Crippen molar-refractivity contribution in [1.82, 2.24) is 5.32 Å². The number of nitrogens with one attached hydrogen (secondary N) is 1. The normalized spacial score (nSPS) is 24.9. The predicted molar refractivity (Wildman–Crippen MR) is 24.5 cm³/mol. The molecule has 1 N–H and O–H groups in total. The van der Waals surface area contributed by atoms with E-state index in [2.05, 4.69) is 5.32 Å². The van der Waals surface area contributed by atoms with Crippen LogP contribution in [0.15, 0.2) is 0 Å². The maximum absolute atomic E-state index is 11.5. The van der Waals surface area contributed by atoms with E-state index in [1.165, 1.54) is 0 Å². The van der Waals surface area contributed by atoms with E-state index in [1.54, 1.807) is 0 Å². The van der Waals surface area contributed by atoms with Crippen LogP contribution in [0.4, 0.5) is 8.78 Å². The van der Waals surface area contributed by atoms with E-state index in [9.17, 15) is 8.78 Å². The zero-order chi connectivity index (χ0) is 4.62. The minimum absolute atomic E-state index is 0. The smallest absolute Gasteiger partial charge is 0.272 e. The maximum Gasteiger partial charge on any atom is 0.272 e. The number of halogens is 2. The van der Waals surface area contributed by atoms with Gasteiger partial charge in [0.1, 0.15) is 0 Å². The molecule has 0 aromatic rings. The fraction of sp³-hybridized carbons (Fsp3) is 1.00. The van der Waals surface area contributed by atoms with E-state index in [0.29, 0.717) is 0 Å². The van der Waals surface area contributed by atoms with Gasteiger partial charge in [-0.2, -0.15) is 0 Å². The standard InChI is InChI=1S/C3H5F2N.CH4/c4-3(5)1-6-2-3;/h6H,1-2H2;1H4. The zero-order valence-electron chi connectivity index (χ0n) is 3.17. The molecule has 44 valence electrons. The summed E-state index contributed by atoms with van der Waals surface area (Å²) in [6, 6.07) is 0. The van der Waals surface area contributed by atoms with Gasteiger partial charge in [0.2, 0.25) is 0 Å². The summed E-state index contributed by atoms with van der Waals surface area (Å²) in [4.78, 5) is 0. The molecule has 0 aromatic heterocycles. The second-order valence-electron chi connectivity index (χ2n) is 1.46. The van der Waals surface area contributed by atoms with Gasteiger partial charge in [-0.1, -0.05) is 7.43 Å². The van der Waals surface area contributed by atoms with Gasteiger partial charge in [0.25, 0.3) is 5.92 Å². The first kappa shape index (κ1) is 6.82. The maximum atomic E-state index is 11.5. The number of alkyl halides is 2. The first-order valence-corrected chi connectivity index (χ1v) is 1.79. The summed E-state index contributed by atoms with van der Waals surface area (Å²) in [6.45, 7) is -0.264. The van der Waals surface area contributed by atoms with Gasteiger partial charge in [0.15, 0.2) is 0 Å². The summed E-state index contributed by atoms with van der Waals surface area (Å²) in [5.41, 5.74) is 0. The molecule has 1 aliphatic heterocycles. The summed E-state index contributed by atoms with van der Waals surface area (Å²) in [6.07, 6.45) is 0. The van der Waals surface area contributed by atoms with Crippen LogP contribution in [0.5, 0.6) is 0 Å². The SMILES string of the molecule is C.FC1(F)CNC1. The quantitative estimate of drug-likeness (QED) is 0.486. The van der Waals surface area contributed by atoms with E-state index in [0.717, 1.165) is 0 Å². The Balaban J connectivity index is 0.000000360. The van der Waals surface area contributed by atoms with Crippen LogP contribution in [0.1, 0.15) is 7.43 Å². The van der Waals surface area contributed by atoms with Crippen molar-refractivity contribution in [2.75, 3.05) is 13.1 Å². The molecular weight excluding hydrogens is 100 g/mol. The molecule has 0 bridgehead atoms. The van der Waals surface area contributed by atoms with Crippen LogP contribution in [0.2, 0.25) is 0 Å². The van der Waals surface area contributed by atoms with Crippen molar-refractivity contribution in [2.45, 2.75) is 13.3 Å². The molecule has 7 heavy (non-hydrogen) atoms. The summed E-state index contributed by atoms with van der Waals surface area (Å²) < 4.78 is 23.0. The average Bonchev–Trinajstić information content (AvgIpc) is 1.32. The van der Waals surface area contributed by atoms with Gasteiger partial charge in [-0.3, -0.25) is 0 Å². The predicted octanol–water partition coefficient (Wildman–Crippen LogP) is 0.861. The zero-order valence-corrected chi connectivity index (χ0v) is 3.17. The Morgan fingerprint density at radius 2 is 1.57 bits per heavy atom. The van der Waals surface area contributed by atoms with E-state index in [1.807, 2.05) is 0 Å². The Labute approximate surface area is 41.7 Å². The van der Waals surface area contributed by atoms with Crippen molar-refractivity contribution >= 4 is 0 Å². The van der Waals surface area contributed by atoms with Crippen molar-refractivity contribution < 1.29 is 8.78 Å². The van der Waals surface area contributed by atoms with E-state index >= 15 is 0 Å². The number of rotatable bonds is 0. The highest BCUT2D eigenvalue weighted by Crippen LogP contribution is 2.16. The van der Waals surface area contributed by atoms with Gasteiger partial charge in [-0.25, -0.2) is 8.78 Å². The molecule has 0 atom stereocenters. The third-order valence-corrected chi connectivity index (χ3v) is 0.767. The van der Waals surface area contributed by atoms with Crippen molar-refractivity contribution in [3.05, 3.63) is 0 Å². The molecule has 1 fully saturated rings. The second-order valence-corrected chi connectivity index (χ2v) is 1.46. The molecule has 0 saturated carbocycles. The van der Waals surface area contributed by atoms with E-state index in [4.69, 9.17) is 0 Å². The third kappa shape index (κ3) is 1.39. The van der Waals surface area contributed by atoms with Crippen molar-refractivity contribution in [3.8, 4) is 0 Å². The molecule has 0 spiro atoms. The summed E-state index contributed by atoms with van der Waals surface area (Å²) in [5, 5.41) is 2.45. The molecule has 0 aromatic carbocycles. The van der Waals surface area contributed by atoms with Crippen LogP contribution in [0.3, 0.4) is 0 Å². The summed E-state index contributed by atoms with van der Waals surface area (Å²) >= 11 is 0. The van der Waals surface area contributed by atoms with Crippen LogP contribution >= 0.6 is 0 Å². The van der Waals surface area contributed by atoms with Crippen molar-refractivity contribution in [1.29, 1.82) is 0 Å². The summed E-state index contributed by atoms with van der Waals surface area (Å²) in [7, 11) is 0. The van der Waals surface area contributed by atoms with E-state index < -0.39 is 5.92 Å². The largest absolute Gasteiger partial charge is 0.305 e. The monoisotopic (exact) mass is 109 g/mol. The highest BCUT2D eigenvalue weighted by atomic mass is 19.3. The second kappa shape index (κ2) is 1.74. The van der Waals surface area contributed by atoms with Gasteiger partial charge in [-0.15, -0.1) is 0 Å². The fourth-order valence-electron chi connectivity index (χ4n) is 0.314.